The molecule has 26 bridgehead atoms. The Hall–Kier alpha value is -2.60. The number of ether oxygens (including phenoxy) is 26. The third kappa shape index (κ3) is 23.4. The van der Waals surface area contributed by atoms with E-state index in [1.54, 1.807) is 0 Å². The summed E-state index contributed by atoms with van der Waals surface area (Å²) >= 11 is 0. The van der Waals surface area contributed by atoms with E-state index >= 15 is 0 Å². The van der Waals surface area contributed by atoms with Crippen LogP contribution in [-0.4, -0.2) is 684 Å². The van der Waals surface area contributed by atoms with Crippen LogP contribution >= 0.6 is 0 Å². The Morgan fingerprint density at radius 1 is 0.0839 bits per heavy atom. The molecule has 43 saturated heterocycles. The normalized spacial score (nSPS) is 55.4. The van der Waals surface area contributed by atoms with Gasteiger partial charge in [-0.15, -0.1) is 0 Å². The lowest BCUT2D eigenvalue weighted by Crippen LogP contribution is -2.69. The molecule has 65 heteroatoms. The molecule has 0 aromatic carbocycles. The number of aliphatic hydroxyl groups is 39. The summed E-state index contributed by atoms with van der Waals surface area (Å²) in [5.41, 5.74) is 0. The van der Waals surface area contributed by atoms with E-state index < -0.39 is 485 Å². The summed E-state index contributed by atoms with van der Waals surface area (Å²) in [5.74, 6) is 0. The van der Waals surface area contributed by atoms with Crippen molar-refractivity contribution in [1.82, 2.24) is 0 Å². The molecule has 65 nitrogen and oxygen atoms in total. The van der Waals surface area contributed by atoms with E-state index in [0.717, 1.165) is 0 Å². The van der Waals surface area contributed by atoms with Crippen molar-refractivity contribution >= 4 is 0 Å². The minimum atomic E-state index is -2.21. The summed E-state index contributed by atoms with van der Waals surface area (Å²) in [7, 11) is 0. The van der Waals surface area contributed by atoms with Gasteiger partial charge in [-0.25, -0.2) is 0 Å². The van der Waals surface area contributed by atoms with E-state index in [0.29, 0.717) is 0 Å². The molecule has 0 aliphatic carbocycles. The van der Waals surface area contributed by atoms with Crippen molar-refractivity contribution in [3.05, 3.63) is 0 Å². The van der Waals surface area contributed by atoms with Gasteiger partial charge in [0.1, 0.15) is 317 Å². The Bertz CT molecular complexity index is 3170. The quantitative estimate of drug-likeness (QED) is 0.0814. The topological polar surface area (TPSA) is 1030 Å². The fourth-order valence-electron chi connectivity index (χ4n) is 19.3. The van der Waals surface area contributed by atoms with E-state index in [1.165, 1.54) is 0 Å². The van der Waals surface area contributed by atoms with Gasteiger partial charge < -0.3 is 322 Å². The Kier molecular flexibility index (Phi) is 40.4. The highest BCUT2D eigenvalue weighted by atomic mass is 16.8. The number of rotatable bonds is 13. The smallest absolute Gasteiger partial charge is 0.187 e. The van der Waals surface area contributed by atoms with Gasteiger partial charge in [0.25, 0.3) is 0 Å². The highest BCUT2D eigenvalue weighted by Crippen LogP contribution is 2.44. The van der Waals surface area contributed by atoms with E-state index in [1.807, 2.05) is 0 Å². The van der Waals surface area contributed by atoms with Crippen LogP contribution in [0.25, 0.3) is 0 Å². The lowest BCUT2D eigenvalue weighted by atomic mass is 9.94. The van der Waals surface area contributed by atoms with Gasteiger partial charge in [0.15, 0.2) is 81.8 Å². The first-order valence-electron chi connectivity index (χ1n) is 45.7. The maximum absolute atomic E-state index is 11.3. The van der Waals surface area contributed by atoms with Gasteiger partial charge in [0.05, 0.1) is 85.9 Å². The van der Waals surface area contributed by atoms with Crippen LogP contribution in [0.15, 0.2) is 0 Å². The third-order valence-electron chi connectivity index (χ3n) is 27.5. The molecule has 43 fully saturated rings. The van der Waals surface area contributed by atoms with Gasteiger partial charge in [-0.1, -0.05) is 0 Å². The summed E-state index contributed by atoms with van der Waals surface area (Å²) in [6, 6.07) is 0. The Labute approximate surface area is 805 Å². The monoisotopic (exact) mass is 2110 g/mol. The molecule has 143 heavy (non-hydrogen) atoms. The molecular formula is C78H130O65. The number of hydrogen-bond acceptors (Lipinski definition) is 65. The van der Waals surface area contributed by atoms with Crippen LogP contribution in [0.2, 0.25) is 0 Å². The molecule has 18 unspecified atom stereocenters. The molecule has 43 aliphatic heterocycles. The van der Waals surface area contributed by atoms with Crippen molar-refractivity contribution in [3.63, 3.8) is 0 Å². The van der Waals surface area contributed by atoms with Crippen molar-refractivity contribution in [3.8, 4) is 0 Å². The molecule has 0 radical (unpaired) electrons. The second-order valence-corrected chi connectivity index (χ2v) is 36.5. The number of hydrogen-bond donors (Lipinski definition) is 39. The molecule has 0 amide bonds. The minimum absolute atomic E-state index is 0.999. The predicted molar refractivity (Wildman–Crippen MR) is 424 cm³/mol. The Balaban J connectivity index is 0.000000230. The van der Waals surface area contributed by atoms with Crippen molar-refractivity contribution < 1.29 is 322 Å². The zero-order chi connectivity index (χ0) is 104. The Morgan fingerprint density at radius 2 is 0.140 bits per heavy atom. The van der Waals surface area contributed by atoms with Crippen LogP contribution in [0.1, 0.15) is 0 Å². The van der Waals surface area contributed by atoms with Gasteiger partial charge in [-0.3, -0.25) is 0 Å². The predicted octanol–water partition coefficient (Wildman–Crippen LogP) is -28.3. The largest absolute Gasteiger partial charge is 0.394 e. The summed E-state index contributed by atoms with van der Waals surface area (Å²) in [5, 5.41) is 426. The molecule has 43 aliphatic rings. The van der Waals surface area contributed by atoms with Crippen LogP contribution in [0.5, 0.6) is 0 Å². The lowest BCUT2D eigenvalue weighted by molar-refractivity contribution is -0.404. The molecule has 0 aromatic rings. The van der Waals surface area contributed by atoms with E-state index in [9.17, 15) is 199 Å². The van der Waals surface area contributed by atoms with Gasteiger partial charge in [0, 0.05) is 0 Å². The highest BCUT2D eigenvalue weighted by Gasteiger charge is 2.65. The van der Waals surface area contributed by atoms with Crippen molar-refractivity contribution in [1.29, 1.82) is 0 Å². The average molecular weight is 2110 g/mol. The molecule has 832 valence electrons. The second-order valence-electron chi connectivity index (χ2n) is 36.5. The maximum atomic E-state index is 11.3. The SMILES string of the molecule is OC[C@H]1OC2OC3[C@@H](CO)OC(OC4[C@@H](CO)OC(O[C@H]5[C@H](O)[C@@H](O)C(OC6[C@@H](CO)OC(O[C@H]7[C@H](O)[C@@H](O)C(O[C@H]8[C@H](O)[C@@H](O)C(OC1[C@H](O)[C@H]2O)O[C@@H]8CO)O[C@@H]7CO)[C@H](O)[C@H]6O)O[C@@H]5CO)[C@H](O)[C@H]4O)[C@H](O)[C@H]3O.OC[C@H]1OC2O[C@H]3[C@H](O)[C@@H](O)C(O[C@H]4[C@H](O)[C@@H](O)[C@@H](OC5[C@@H](CO)OC(O[C@H]6[C@H](O)[C@@H](O)C(O[C@H]7[C@H](O)[C@@H](O)C(OC1[C@H](O)[C@H]2O)O[C@@H]7CO)O[C@@H]6CO)[C@H](O)[C@H]5O)O[C@@H]4CO)O[C@@H]3CO. The van der Waals surface area contributed by atoms with E-state index in [4.69, 9.17) is 123 Å². The summed E-state index contributed by atoms with van der Waals surface area (Å²) in [4.78, 5) is 0. The molecule has 0 aromatic heterocycles. The second kappa shape index (κ2) is 49.9. The molecule has 39 N–H and O–H groups in total. The van der Waals surface area contributed by atoms with Gasteiger partial charge in [-0.05, 0) is 0 Å². The molecule has 0 spiro atoms. The summed E-state index contributed by atoms with van der Waals surface area (Å²) in [6.07, 6.45) is -129. The zero-order valence-corrected chi connectivity index (χ0v) is 74.8. The van der Waals surface area contributed by atoms with Crippen LogP contribution in [0.4, 0.5) is 0 Å². The molecule has 0 saturated carbocycles. The summed E-state index contributed by atoms with van der Waals surface area (Å²) in [6.45, 7) is -13.3. The van der Waals surface area contributed by atoms with Crippen molar-refractivity contribution in [2.75, 3.05) is 85.9 Å². The third-order valence-corrected chi connectivity index (χ3v) is 27.5. The lowest BCUT2D eigenvalue weighted by Gasteiger charge is -2.50. The van der Waals surface area contributed by atoms with Crippen LogP contribution in [-0.2, 0) is 123 Å². The molecular weight excluding hydrogens is 1980 g/mol. The zero-order valence-electron chi connectivity index (χ0n) is 74.8. The van der Waals surface area contributed by atoms with E-state index in [2.05, 4.69) is 0 Å². The molecule has 43 rings (SSSR count). The van der Waals surface area contributed by atoms with E-state index in [-0.39, 0.29) is 0 Å². The van der Waals surface area contributed by atoms with Crippen molar-refractivity contribution in [2.45, 2.75) is 399 Å². The highest BCUT2D eigenvalue weighted by molar-refractivity contribution is 5.07. The first-order chi connectivity index (χ1) is 68.1. The van der Waals surface area contributed by atoms with Crippen molar-refractivity contribution in [2.24, 2.45) is 0 Å². The van der Waals surface area contributed by atoms with Gasteiger partial charge in [0.2, 0.25) is 0 Å². The fourth-order valence-corrected chi connectivity index (χ4v) is 19.3. The summed E-state index contributed by atoms with van der Waals surface area (Å²) < 4.78 is 147. The fraction of sp³-hybridized carbons (Fsp3) is 1.00. The number of aliphatic hydroxyl groups excluding tert-OH is 39. The minimum Gasteiger partial charge on any atom is -0.394 e. The van der Waals surface area contributed by atoms with Crippen LogP contribution in [0, 0.1) is 0 Å². The first kappa shape index (κ1) is 116. The molecule has 65 atom stereocenters. The first-order valence-corrected chi connectivity index (χ1v) is 45.7. The molecule has 43 heterocycles. The maximum Gasteiger partial charge on any atom is 0.187 e. The van der Waals surface area contributed by atoms with Gasteiger partial charge >= 0.3 is 0 Å². The standard InChI is InChI=1S/C42H70O35.C36H60O30/c43-1-8-29-15(50)22(57)36(64-8)72-30-9(2-44)66-38(24(59)17(30)52)74-32-11(4-46)68-40(26(61)19(32)54)76-34-13(6-48)70-42(28(63)21(34)56)77-35-14(7-49)69-41(27(62)20(35)55)75-33-12(5-47)67-39(25(60)18(33)53)73-31-10(3-45)65-37(71-29)23(58)16(31)51;37-1-7-25-13(43)19(49)31(55-7)62-26-8(2-38)57-33(21(51)15(26)45)64-28-10(4-40)59-35(23(53)17(28)47)66-30-12(6-42)60-36(24(54)18(30)48)65-29-11(5-41)58-34(22(52)16(29)46)63-27-9(3-39)56-32(61-25)20(50)14(27)44/h8-63H,1-7H2;7-54H,1-6H2/t8-,9-,10-,11-,12-,13-,14-,15-,16-,17-,18-,19-,20-,21-,22-,23-,24-,25-,26-,27-,28-,29-,30-,31?,32?,33-,34?,35?,36?,37?,38?,39?,40?,41?,42?;7-,8-,9-,10-,11-,12-,13-,14-,15-,16-,17-,18-,19-,20-,21-,22-,23-,24-,25-,26-,27?,28?,29-,30-,31?,32?,33-,34?,35?,36?/m11/s1. The Morgan fingerprint density at radius 3 is 0.189 bits per heavy atom. The van der Waals surface area contributed by atoms with Gasteiger partial charge in [-0.2, -0.15) is 0 Å². The average Bonchev–Trinajstić information content (AvgIpc) is 0.856. The van der Waals surface area contributed by atoms with Crippen LogP contribution < -0.4 is 0 Å². The van der Waals surface area contributed by atoms with Crippen LogP contribution in [0.3, 0.4) is 0 Å².